The number of carboxylic acid groups (broad SMARTS) is 1. The average Bonchev–Trinajstić information content (AvgIpc) is 2.72. The van der Waals surface area contributed by atoms with Crippen molar-refractivity contribution in [1.82, 2.24) is 5.32 Å². The normalized spacial score (nSPS) is 16.8. The summed E-state index contributed by atoms with van der Waals surface area (Å²) in [5.74, 6) is 0.629. The highest BCUT2D eigenvalue weighted by Crippen LogP contribution is 2.47. The standard InChI is InChI=1S/C23H27BrFNO4S/c1-22(18-11-16(24)6-8-19(18)25,14-31-23(21(27)28)9-4-10-23)26-13-15-5-7-17(29-2)12-20(15)30-3/h5-8,11-12,26H,4,9-10,13-14H2,1-3H3,(H,27,28)/t22-/m0/s1. The Hall–Kier alpha value is -1.77. The topological polar surface area (TPSA) is 67.8 Å². The summed E-state index contributed by atoms with van der Waals surface area (Å²) in [5, 5.41) is 13.2. The first-order valence-electron chi connectivity index (χ1n) is 10.0. The molecule has 1 aliphatic carbocycles. The molecular weight excluding hydrogens is 485 g/mol. The van der Waals surface area contributed by atoms with E-state index >= 15 is 0 Å². The summed E-state index contributed by atoms with van der Waals surface area (Å²) in [5.41, 5.74) is 0.579. The molecule has 0 heterocycles. The maximum absolute atomic E-state index is 14.9. The van der Waals surface area contributed by atoms with Crippen LogP contribution in [0.15, 0.2) is 40.9 Å². The average molecular weight is 512 g/mol. The number of aliphatic carboxylic acids is 1. The molecule has 3 rings (SSSR count). The van der Waals surface area contributed by atoms with Gasteiger partial charge in [0.1, 0.15) is 22.1 Å². The molecule has 8 heteroatoms. The van der Waals surface area contributed by atoms with Gasteiger partial charge in [-0.25, -0.2) is 4.39 Å². The van der Waals surface area contributed by atoms with E-state index in [2.05, 4.69) is 21.2 Å². The van der Waals surface area contributed by atoms with Crippen molar-refractivity contribution in [2.24, 2.45) is 0 Å². The largest absolute Gasteiger partial charge is 0.497 e. The van der Waals surface area contributed by atoms with Crippen molar-refractivity contribution in [3.05, 3.63) is 57.8 Å². The number of hydrogen-bond donors (Lipinski definition) is 2. The van der Waals surface area contributed by atoms with Crippen molar-refractivity contribution >= 4 is 33.7 Å². The summed E-state index contributed by atoms with van der Waals surface area (Å²) in [4.78, 5) is 11.9. The first kappa shape index (κ1) is 23.9. The summed E-state index contributed by atoms with van der Waals surface area (Å²) in [6.45, 7) is 2.32. The Bertz CT molecular complexity index is 953. The molecule has 1 atom stereocenters. The molecule has 2 aromatic rings. The Morgan fingerprint density at radius 3 is 2.58 bits per heavy atom. The molecule has 2 aromatic carbocycles. The smallest absolute Gasteiger partial charge is 0.319 e. The van der Waals surface area contributed by atoms with Gasteiger partial charge >= 0.3 is 5.97 Å². The van der Waals surface area contributed by atoms with E-state index in [0.717, 1.165) is 16.5 Å². The molecule has 0 amide bonds. The molecule has 168 valence electrons. The van der Waals surface area contributed by atoms with Gasteiger partial charge in [0.25, 0.3) is 0 Å². The van der Waals surface area contributed by atoms with Gasteiger partial charge in [-0.05, 0) is 50.5 Å². The van der Waals surface area contributed by atoms with Gasteiger partial charge in [0.05, 0.1) is 19.8 Å². The van der Waals surface area contributed by atoms with Crippen LogP contribution in [0, 0.1) is 5.82 Å². The lowest BCUT2D eigenvalue weighted by Gasteiger charge is -2.41. The predicted molar refractivity (Wildman–Crippen MR) is 125 cm³/mol. The van der Waals surface area contributed by atoms with Crippen LogP contribution in [0.4, 0.5) is 4.39 Å². The lowest BCUT2D eigenvalue weighted by molar-refractivity contribution is -0.142. The number of methoxy groups -OCH3 is 2. The van der Waals surface area contributed by atoms with Crippen LogP contribution in [-0.2, 0) is 16.9 Å². The van der Waals surface area contributed by atoms with E-state index in [1.54, 1.807) is 32.4 Å². The van der Waals surface area contributed by atoms with Gasteiger partial charge in [0, 0.05) is 34.0 Å². The monoisotopic (exact) mass is 511 g/mol. The van der Waals surface area contributed by atoms with E-state index in [9.17, 15) is 14.3 Å². The molecular formula is C23H27BrFNO4S. The first-order valence-corrected chi connectivity index (χ1v) is 11.8. The Morgan fingerprint density at radius 2 is 2.00 bits per heavy atom. The number of benzene rings is 2. The van der Waals surface area contributed by atoms with Crippen molar-refractivity contribution in [3.63, 3.8) is 0 Å². The summed E-state index contributed by atoms with van der Waals surface area (Å²) in [7, 11) is 3.18. The maximum atomic E-state index is 14.9. The number of halogens is 2. The molecule has 0 aromatic heterocycles. The van der Waals surface area contributed by atoms with Crippen LogP contribution in [-0.4, -0.2) is 35.8 Å². The van der Waals surface area contributed by atoms with Gasteiger partial charge in [-0.2, -0.15) is 0 Å². The summed E-state index contributed by atoms with van der Waals surface area (Å²) in [6, 6.07) is 10.4. The highest BCUT2D eigenvalue weighted by molar-refractivity contribution is 9.10. The number of carboxylic acids is 1. The number of ether oxygens (including phenoxy) is 2. The third-order valence-electron chi connectivity index (χ3n) is 5.87. The number of thioether (sulfide) groups is 1. The van der Waals surface area contributed by atoms with Gasteiger partial charge < -0.3 is 19.9 Å². The second-order valence-corrected chi connectivity index (χ2v) is 10.2. The second-order valence-electron chi connectivity index (χ2n) is 7.93. The van der Waals surface area contributed by atoms with Crippen molar-refractivity contribution in [2.75, 3.05) is 20.0 Å². The Morgan fingerprint density at radius 1 is 1.26 bits per heavy atom. The molecule has 1 saturated carbocycles. The molecule has 5 nitrogen and oxygen atoms in total. The minimum atomic E-state index is -0.804. The summed E-state index contributed by atoms with van der Waals surface area (Å²) >= 11 is 4.82. The molecule has 2 N–H and O–H groups in total. The van der Waals surface area contributed by atoms with Crippen LogP contribution < -0.4 is 14.8 Å². The Labute approximate surface area is 194 Å². The molecule has 0 spiro atoms. The Balaban J connectivity index is 1.89. The predicted octanol–water partition coefficient (Wildman–Crippen LogP) is 5.35. The minimum absolute atomic E-state index is 0.335. The van der Waals surface area contributed by atoms with Crippen LogP contribution in [0.2, 0.25) is 0 Å². The zero-order valence-electron chi connectivity index (χ0n) is 17.8. The highest BCUT2D eigenvalue weighted by atomic mass is 79.9. The fourth-order valence-electron chi connectivity index (χ4n) is 3.63. The van der Waals surface area contributed by atoms with Crippen molar-refractivity contribution in [2.45, 2.75) is 43.0 Å². The van der Waals surface area contributed by atoms with E-state index in [0.29, 0.717) is 42.2 Å². The molecule has 0 saturated heterocycles. The molecule has 0 radical (unpaired) electrons. The Kier molecular flexibility index (Phi) is 7.55. The molecule has 31 heavy (non-hydrogen) atoms. The van der Waals surface area contributed by atoms with Crippen molar-refractivity contribution in [1.29, 1.82) is 0 Å². The maximum Gasteiger partial charge on any atom is 0.319 e. The zero-order valence-corrected chi connectivity index (χ0v) is 20.2. The van der Waals surface area contributed by atoms with Crippen molar-refractivity contribution in [3.8, 4) is 11.5 Å². The number of rotatable bonds is 10. The molecule has 0 bridgehead atoms. The molecule has 0 aliphatic heterocycles. The highest BCUT2D eigenvalue weighted by Gasteiger charge is 2.46. The van der Waals surface area contributed by atoms with Crippen LogP contribution in [0.3, 0.4) is 0 Å². The van der Waals surface area contributed by atoms with Crippen LogP contribution in [0.1, 0.15) is 37.3 Å². The third kappa shape index (κ3) is 5.18. The van der Waals surface area contributed by atoms with Crippen LogP contribution in [0.25, 0.3) is 0 Å². The lowest BCUT2D eigenvalue weighted by Crippen LogP contribution is -2.47. The second kappa shape index (κ2) is 9.79. The van der Waals surface area contributed by atoms with Gasteiger partial charge in [-0.3, -0.25) is 4.79 Å². The number of nitrogens with one attached hydrogen (secondary N) is 1. The van der Waals surface area contributed by atoms with Gasteiger partial charge in [0.2, 0.25) is 0 Å². The molecule has 1 fully saturated rings. The minimum Gasteiger partial charge on any atom is -0.497 e. The molecule has 1 aliphatic rings. The first-order chi connectivity index (χ1) is 14.7. The summed E-state index contributed by atoms with van der Waals surface area (Å²) in [6.07, 6.45) is 2.17. The zero-order chi connectivity index (χ0) is 22.6. The van der Waals surface area contributed by atoms with E-state index in [1.807, 2.05) is 19.1 Å². The van der Waals surface area contributed by atoms with E-state index in [-0.39, 0.29) is 5.82 Å². The van der Waals surface area contributed by atoms with Crippen LogP contribution in [0.5, 0.6) is 11.5 Å². The fourth-order valence-corrected chi connectivity index (χ4v) is 5.52. The van der Waals surface area contributed by atoms with E-state index < -0.39 is 16.3 Å². The summed E-state index contributed by atoms with van der Waals surface area (Å²) < 4.78 is 25.6. The third-order valence-corrected chi connectivity index (χ3v) is 8.22. The SMILES string of the molecule is COc1ccc(CN[C@@](C)(CSC2(C(=O)O)CCC2)c2cc(Br)ccc2F)c(OC)c1. The number of carbonyl (C=O) groups is 1. The molecule has 0 unspecified atom stereocenters. The van der Waals surface area contributed by atoms with Gasteiger partial charge in [-0.1, -0.05) is 22.0 Å². The number of hydrogen-bond acceptors (Lipinski definition) is 5. The van der Waals surface area contributed by atoms with Gasteiger partial charge in [0.15, 0.2) is 0 Å². The fraction of sp³-hybridized carbons (Fsp3) is 0.435. The van der Waals surface area contributed by atoms with E-state index in [4.69, 9.17) is 9.47 Å². The van der Waals surface area contributed by atoms with Gasteiger partial charge in [-0.15, -0.1) is 11.8 Å². The lowest BCUT2D eigenvalue weighted by atomic mass is 9.84. The quantitative estimate of drug-likeness (QED) is 0.448. The van der Waals surface area contributed by atoms with E-state index in [1.165, 1.54) is 17.8 Å². The van der Waals surface area contributed by atoms with Crippen molar-refractivity contribution < 1.29 is 23.8 Å². The van der Waals surface area contributed by atoms with Crippen LogP contribution >= 0.6 is 27.7 Å².